The van der Waals surface area contributed by atoms with Crippen LogP contribution in [-0.4, -0.2) is 26.9 Å². The number of hydrogen-bond acceptors (Lipinski definition) is 4. The van der Waals surface area contributed by atoms with Crippen LogP contribution in [0.25, 0.3) is 0 Å². The Morgan fingerprint density at radius 2 is 1.95 bits per heavy atom. The van der Waals surface area contributed by atoms with Gasteiger partial charge in [0.25, 0.3) is 0 Å². The van der Waals surface area contributed by atoms with E-state index >= 15 is 0 Å². The number of nitrogens with one attached hydrogen (secondary N) is 2. The van der Waals surface area contributed by atoms with Gasteiger partial charge in [0.2, 0.25) is 15.9 Å². The second-order valence-electron chi connectivity index (χ2n) is 5.26. The molecule has 1 aliphatic rings. The summed E-state index contributed by atoms with van der Waals surface area (Å²) in [4.78, 5) is 12.1. The third kappa shape index (κ3) is 4.80. The SMILES string of the molecule is NS(=O)(=O)c1ccc(CNC(=O)C2CCCCCN2)cc1. The Hall–Kier alpha value is -1.44. The molecule has 6 nitrogen and oxygen atoms in total. The molecule has 2 rings (SSSR count). The third-order valence-corrected chi connectivity index (χ3v) is 4.52. The molecule has 1 aromatic carbocycles. The molecule has 116 valence electrons. The molecule has 1 atom stereocenters. The number of primary sulfonamides is 1. The molecular weight excluding hydrogens is 290 g/mol. The number of rotatable bonds is 4. The van der Waals surface area contributed by atoms with E-state index in [0.717, 1.165) is 37.8 Å². The average molecular weight is 311 g/mol. The zero-order chi connectivity index (χ0) is 15.3. The van der Waals surface area contributed by atoms with Crippen LogP contribution < -0.4 is 15.8 Å². The van der Waals surface area contributed by atoms with Gasteiger partial charge >= 0.3 is 0 Å². The van der Waals surface area contributed by atoms with E-state index in [1.54, 1.807) is 12.1 Å². The molecule has 4 N–H and O–H groups in total. The van der Waals surface area contributed by atoms with E-state index in [2.05, 4.69) is 10.6 Å². The van der Waals surface area contributed by atoms with Crippen LogP contribution >= 0.6 is 0 Å². The van der Waals surface area contributed by atoms with Gasteiger partial charge < -0.3 is 10.6 Å². The minimum atomic E-state index is -3.67. The van der Waals surface area contributed by atoms with Gasteiger partial charge in [-0.1, -0.05) is 25.0 Å². The van der Waals surface area contributed by atoms with Gasteiger partial charge in [0.05, 0.1) is 10.9 Å². The van der Waals surface area contributed by atoms with Crippen LogP contribution in [0.3, 0.4) is 0 Å². The van der Waals surface area contributed by atoms with Crippen LogP contribution in [0.5, 0.6) is 0 Å². The van der Waals surface area contributed by atoms with Crippen molar-refractivity contribution in [3.8, 4) is 0 Å². The van der Waals surface area contributed by atoms with Crippen molar-refractivity contribution in [2.45, 2.75) is 43.2 Å². The molecule has 21 heavy (non-hydrogen) atoms. The van der Waals surface area contributed by atoms with E-state index in [1.807, 2.05) is 0 Å². The summed E-state index contributed by atoms with van der Waals surface area (Å²) in [6.45, 7) is 1.25. The van der Waals surface area contributed by atoms with Crippen LogP contribution in [0.2, 0.25) is 0 Å². The Morgan fingerprint density at radius 3 is 2.62 bits per heavy atom. The van der Waals surface area contributed by atoms with Crippen molar-refractivity contribution in [2.75, 3.05) is 6.54 Å². The van der Waals surface area contributed by atoms with Crippen LogP contribution in [-0.2, 0) is 21.4 Å². The van der Waals surface area contributed by atoms with Crippen molar-refractivity contribution in [3.63, 3.8) is 0 Å². The van der Waals surface area contributed by atoms with Gasteiger partial charge in [0.1, 0.15) is 0 Å². The summed E-state index contributed by atoms with van der Waals surface area (Å²) < 4.78 is 22.3. The summed E-state index contributed by atoms with van der Waals surface area (Å²) in [5, 5.41) is 11.1. The fraction of sp³-hybridized carbons (Fsp3) is 0.500. The number of carbonyl (C=O) groups is 1. The predicted octanol–water partition coefficient (Wildman–Crippen LogP) is 0.482. The second kappa shape index (κ2) is 7.02. The summed E-state index contributed by atoms with van der Waals surface area (Å²) in [5.74, 6) is -0.00702. The molecule has 0 bridgehead atoms. The van der Waals surface area contributed by atoms with Crippen molar-refractivity contribution in [3.05, 3.63) is 29.8 Å². The van der Waals surface area contributed by atoms with Gasteiger partial charge in [-0.15, -0.1) is 0 Å². The molecule has 0 aliphatic carbocycles. The standard InChI is InChI=1S/C14H21N3O3S/c15-21(19,20)12-7-5-11(6-8-12)10-17-14(18)13-4-2-1-3-9-16-13/h5-8,13,16H,1-4,9-10H2,(H,17,18)(H2,15,19,20). The van der Waals surface area contributed by atoms with Crippen molar-refractivity contribution in [2.24, 2.45) is 5.14 Å². The van der Waals surface area contributed by atoms with Gasteiger partial charge in [-0.3, -0.25) is 4.79 Å². The van der Waals surface area contributed by atoms with Crippen LogP contribution in [0.15, 0.2) is 29.2 Å². The molecule has 0 radical (unpaired) electrons. The molecule has 0 aromatic heterocycles. The predicted molar refractivity (Wildman–Crippen MR) is 79.9 cm³/mol. The first-order chi connectivity index (χ1) is 9.97. The van der Waals surface area contributed by atoms with E-state index in [4.69, 9.17) is 5.14 Å². The topological polar surface area (TPSA) is 101 Å². The van der Waals surface area contributed by atoms with E-state index in [-0.39, 0.29) is 16.8 Å². The molecule has 1 aromatic rings. The van der Waals surface area contributed by atoms with Gasteiger partial charge in [-0.2, -0.15) is 0 Å². The first-order valence-corrected chi connectivity index (χ1v) is 8.64. The maximum atomic E-state index is 12.1. The Bertz CT molecular complexity index is 576. The number of benzene rings is 1. The van der Waals surface area contributed by atoms with E-state index in [0.29, 0.717) is 6.54 Å². The summed E-state index contributed by atoms with van der Waals surface area (Å²) >= 11 is 0. The summed E-state index contributed by atoms with van der Waals surface area (Å²) in [6, 6.07) is 6.07. The number of sulfonamides is 1. The molecule has 0 spiro atoms. The van der Waals surface area contributed by atoms with Crippen molar-refractivity contribution in [1.29, 1.82) is 0 Å². The zero-order valence-electron chi connectivity index (χ0n) is 11.8. The minimum absolute atomic E-state index is 0.00702. The highest BCUT2D eigenvalue weighted by Gasteiger charge is 2.18. The van der Waals surface area contributed by atoms with E-state index in [1.165, 1.54) is 12.1 Å². The second-order valence-corrected chi connectivity index (χ2v) is 6.82. The fourth-order valence-electron chi connectivity index (χ4n) is 2.36. The molecule has 1 amide bonds. The Labute approximate surface area is 125 Å². The van der Waals surface area contributed by atoms with Gasteiger partial charge in [-0.05, 0) is 37.1 Å². The quantitative estimate of drug-likeness (QED) is 0.753. The Morgan fingerprint density at radius 1 is 1.24 bits per heavy atom. The maximum absolute atomic E-state index is 12.1. The Balaban J connectivity index is 1.89. The summed E-state index contributed by atoms with van der Waals surface area (Å²) in [6.07, 6.45) is 4.19. The van der Waals surface area contributed by atoms with Crippen LogP contribution in [0.4, 0.5) is 0 Å². The smallest absolute Gasteiger partial charge is 0.238 e. The molecule has 0 saturated carbocycles. The highest BCUT2D eigenvalue weighted by atomic mass is 32.2. The molecule has 1 heterocycles. The van der Waals surface area contributed by atoms with Crippen LogP contribution in [0, 0.1) is 0 Å². The molecule has 7 heteroatoms. The molecular formula is C14H21N3O3S. The summed E-state index contributed by atoms with van der Waals surface area (Å²) in [7, 11) is -3.67. The molecule has 1 saturated heterocycles. The number of amides is 1. The normalized spacial score (nSPS) is 19.8. The molecule has 1 unspecified atom stereocenters. The van der Waals surface area contributed by atoms with Gasteiger partial charge in [0.15, 0.2) is 0 Å². The average Bonchev–Trinajstić information content (AvgIpc) is 2.73. The maximum Gasteiger partial charge on any atom is 0.238 e. The highest BCUT2D eigenvalue weighted by molar-refractivity contribution is 7.89. The fourth-order valence-corrected chi connectivity index (χ4v) is 2.88. The lowest BCUT2D eigenvalue weighted by Gasteiger charge is -2.15. The lowest BCUT2D eigenvalue weighted by atomic mass is 10.1. The summed E-state index contributed by atoms with van der Waals surface area (Å²) in [5.41, 5.74) is 0.837. The van der Waals surface area contributed by atoms with Crippen molar-refractivity contribution < 1.29 is 13.2 Å². The number of nitrogens with two attached hydrogens (primary N) is 1. The monoisotopic (exact) mass is 311 g/mol. The van der Waals surface area contributed by atoms with E-state index in [9.17, 15) is 13.2 Å². The zero-order valence-corrected chi connectivity index (χ0v) is 12.7. The first-order valence-electron chi connectivity index (χ1n) is 7.09. The van der Waals surface area contributed by atoms with Crippen LogP contribution in [0.1, 0.15) is 31.2 Å². The highest BCUT2D eigenvalue weighted by Crippen LogP contribution is 2.10. The first kappa shape index (κ1) is 15.9. The largest absolute Gasteiger partial charge is 0.351 e. The Kier molecular flexibility index (Phi) is 5.33. The van der Waals surface area contributed by atoms with E-state index < -0.39 is 10.0 Å². The lowest BCUT2D eigenvalue weighted by Crippen LogP contribution is -2.43. The van der Waals surface area contributed by atoms with Gasteiger partial charge in [-0.25, -0.2) is 13.6 Å². The number of hydrogen-bond donors (Lipinski definition) is 3. The molecule has 1 aliphatic heterocycles. The lowest BCUT2D eigenvalue weighted by molar-refractivity contribution is -0.123. The van der Waals surface area contributed by atoms with Crippen molar-refractivity contribution >= 4 is 15.9 Å². The van der Waals surface area contributed by atoms with Gasteiger partial charge in [0, 0.05) is 6.54 Å². The minimum Gasteiger partial charge on any atom is -0.351 e. The number of carbonyl (C=O) groups excluding carboxylic acids is 1. The third-order valence-electron chi connectivity index (χ3n) is 3.60. The molecule has 1 fully saturated rings. The van der Waals surface area contributed by atoms with Crippen molar-refractivity contribution in [1.82, 2.24) is 10.6 Å².